The molecule has 0 unspecified atom stereocenters. The van der Waals surface area contributed by atoms with Crippen LogP contribution in [0.25, 0.3) is 22.4 Å². The van der Waals surface area contributed by atoms with Crippen molar-refractivity contribution in [2.24, 2.45) is 0 Å². The molecule has 6 nitrogen and oxygen atoms in total. The van der Waals surface area contributed by atoms with Gasteiger partial charge in [0.25, 0.3) is 0 Å². The number of nitrogens with one attached hydrogen (secondary N) is 2. The highest BCUT2D eigenvalue weighted by molar-refractivity contribution is 5.84. The normalized spacial score (nSPS) is 14.9. The molecule has 0 bridgehead atoms. The van der Waals surface area contributed by atoms with E-state index in [9.17, 15) is 0 Å². The first kappa shape index (κ1) is 24.3. The van der Waals surface area contributed by atoms with Gasteiger partial charge in [-0.15, -0.1) is 0 Å². The number of piperidine rings is 1. The standard InChI is InChI=1S/C30H36N4O2/c1-21-17-24(23-11-14-34(15-12-23)16-13-31-2)18-27-29(21)33-30(32-27)26-10-9-25(19-28(26)35-3)36-20-22-7-5-4-6-8-22/h4-10,17-19,23,31H,11-16,20H2,1-3H3,(H,32,33). The van der Waals surface area contributed by atoms with Crippen LogP contribution in [0.15, 0.2) is 60.7 Å². The van der Waals surface area contributed by atoms with Crippen LogP contribution in [-0.4, -0.2) is 55.2 Å². The van der Waals surface area contributed by atoms with Crippen molar-refractivity contribution in [3.63, 3.8) is 0 Å². The van der Waals surface area contributed by atoms with E-state index < -0.39 is 0 Å². The summed E-state index contributed by atoms with van der Waals surface area (Å²) in [5, 5.41) is 3.26. The minimum atomic E-state index is 0.518. The first-order valence-corrected chi connectivity index (χ1v) is 12.9. The molecule has 2 N–H and O–H groups in total. The number of rotatable bonds is 9. The number of hydrogen-bond acceptors (Lipinski definition) is 5. The summed E-state index contributed by atoms with van der Waals surface area (Å²) in [5.74, 6) is 2.93. The van der Waals surface area contributed by atoms with Crippen molar-refractivity contribution in [2.45, 2.75) is 32.3 Å². The Morgan fingerprint density at radius 1 is 1.06 bits per heavy atom. The zero-order valence-corrected chi connectivity index (χ0v) is 21.5. The number of aromatic nitrogens is 2. The van der Waals surface area contributed by atoms with E-state index in [0.717, 1.165) is 65.7 Å². The molecule has 0 amide bonds. The van der Waals surface area contributed by atoms with Crippen LogP contribution in [0, 0.1) is 6.92 Å². The molecule has 1 aromatic heterocycles. The molecule has 1 fully saturated rings. The molecule has 188 valence electrons. The molecular formula is C30H36N4O2. The van der Waals surface area contributed by atoms with Gasteiger partial charge in [0.1, 0.15) is 23.9 Å². The number of aryl methyl sites for hydroxylation is 1. The summed E-state index contributed by atoms with van der Waals surface area (Å²) in [6.07, 6.45) is 2.40. The van der Waals surface area contributed by atoms with Crippen LogP contribution in [0.5, 0.6) is 11.5 Å². The fourth-order valence-corrected chi connectivity index (χ4v) is 5.14. The first-order valence-electron chi connectivity index (χ1n) is 12.9. The van der Waals surface area contributed by atoms with Gasteiger partial charge in [0.2, 0.25) is 0 Å². The van der Waals surface area contributed by atoms with Gasteiger partial charge in [-0.3, -0.25) is 0 Å². The van der Waals surface area contributed by atoms with E-state index in [1.165, 1.54) is 24.0 Å². The summed E-state index contributed by atoms with van der Waals surface area (Å²) in [6, 6.07) is 20.7. The zero-order chi connectivity index (χ0) is 24.9. The molecule has 36 heavy (non-hydrogen) atoms. The minimum Gasteiger partial charge on any atom is -0.496 e. The largest absolute Gasteiger partial charge is 0.496 e. The van der Waals surface area contributed by atoms with Gasteiger partial charge in [0.05, 0.1) is 23.7 Å². The number of aromatic amines is 1. The van der Waals surface area contributed by atoms with E-state index in [1.807, 2.05) is 43.4 Å². The van der Waals surface area contributed by atoms with Crippen LogP contribution in [0.4, 0.5) is 0 Å². The molecule has 4 aromatic rings. The van der Waals surface area contributed by atoms with Crippen LogP contribution >= 0.6 is 0 Å². The Kier molecular flexibility index (Phi) is 7.54. The van der Waals surface area contributed by atoms with Gasteiger partial charge in [-0.1, -0.05) is 36.4 Å². The number of likely N-dealkylation sites (tertiary alicyclic amines) is 1. The Morgan fingerprint density at radius 3 is 2.61 bits per heavy atom. The van der Waals surface area contributed by atoms with Gasteiger partial charge in [-0.25, -0.2) is 4.98 Å². The van der Waals surface area contributed by atoms with Crippen molar-refractivity contribution in [1.82, 2.24) is 20.2 Å². The number of imidazole rings is 1. The Hall–Kier alpha value is -3.35. The molecule has 0 radical (unpaired) electrons. The molecule has 0 atom stereocenters. The summed E-state index contributed by atoms with van der Waals surface area (Å²) < 4.78 is 11.7. The second kappa shape index (κ2) is 11.1. The van der Waals surface area contributed by atoms with Crippen LogP contribution in [0.1, 0.15) is 35.4 Å². The average molecular weight is 485 g/mol. The van der Waals surface area contributed by atoms with Crippen molar-refractivity contribution in [1.29, 1.82) is 0 Å². The predicted molar refractivity (Wildman–Crippen MR) is 146 cm³/mol. The van der Waals surface area contributed by atoms with E-state index in [0.29, 0.717) is 12.5 Å². The lowest BCUT2D eigenvalue weighted by Gasteiger charge is -2.32. The van der Waals surface area contributed by atoms with Crippen molar-refractivity contribution >= 4 is 11.0 Å². The molecule has 5 rings (SSSR count). The Balaban J connectivity index is 1.34. The number of likely N-dealkylation sites (N-methyl/N-ethyl adjacent to an activating group) is 1. The topological polar surface area (TPSA) is 62.4 Å². The number of benzene rings is 3. The second-order valence-electron chi connectivity index (χ2n) is 9.68. The second-order valence-corrected chi connectivity index (χ2v) is 9.68. The number of hydrogen-bond donors (Lipinski definition) is 2. The van der Waals surface area contributed by atoms with Gasteiger partial charge in [-0.2, -0.15) is 0 Å². The van der Waals surface area contributed by atoms with Crippen molar-refractivity contribution in [2.75, 3.05) is 40.3 Å². The smallest absolute Gasteiger partial charge is 0.142 e. The number of fused-ring (bicyclic) bond motifs is 1. The van der Waals surface area contributed by atoms with E-state index in [2.05, 4.69) is 46.4 Å². The Labute approximate surface area is 213 Å². The molecule has 6 heteroatoms. The molecule has 0 spiro atoms. The van der Waals surface area contributed by atoms with E-state index in [4.69, 9.17) is 14.5 Å². The molecule has 0 saturated carbocycles. The minimum absolute atomic E-state index is 0.518. The highest BCUT2D eigenvalue weighted by Crippen LogP contribution is 2.35. The summed E-state index contributed by atoms with van der Waals surface area (Å²) in [6.45, 7) is 7.18. The fourth-order valence-electron chi connectivity index (χ4n) is 5.14. The third kappa shape index (κ3) is 5.40. The Morgan fingerprint density at radius 2 is 1.86 bits per heavy atom. The van der Waals surface area contributed by atoms with Crippen LogP contribution < -0.4 is 14.8 Å². The maximum absolute atomic E-state index is 6.00. The third-order valence-electron chi connectivity index (χ3n) is 7.21. The monoisotopic (exact) mass is 484 g/mol. The van der Waals surface area contributed by atoms with Crippen LogP contribution in [0.3, 0.4) is 0 Å². The molecule has 2 heterocycles. The highest BCUT2D eigenvalue weighted by Gasteiger charge is 2.22. The molecule has 0 aliphatic carbocycles. The molecule has 1 saturated heterocycles. The maximum atomic E-state index is 6.00. The molecule has 1 aliphatic rings. The van der Waals surface area contributed by atoms with Gasteiger partial charge in [0.15, 0.2) is 0 Å². The predicted octanol–water partition coefficient (Wildman–Crippen LogP) is 5.52. The number of H-pyrrole nitrogens is 1. The van der Waals surface area contributed by atoms with Crippen molar-refractivity contribution < 1.29 is 9.47 Å². The van der Waals surface area contributed by atoms with Crippen LogP contribution in [-0.2, 0) is 6.61 Å². The lowest BCUT2D eigenvalue weighted by atomic mass is 9.88. The SMILES string of the molecule is CNCCN1CCC(c2cc(C)c3nc(-c4ccc(OCc5ccccc5)cc4OC)[nH]c3c2)CC1. The number of methoxy groups -OCH3 is 1. The number of ether oxygens (including phenoxy) is 2. The lowest BCUT2D eigenvalue weighted by molar-refractivity contribution is 0.214. The Bertz CT molecular complexity index is 1290. The lowest BCUT2D eigenvalue weighted by Crippen LogP contribution is -2.37. The fraction of sp³-hybridized carbons (Fsp3) is 0.367. The highest BCUT2D eigenvalue weighted by atomic mass is 16.5. The summed E-state index contributed by atoms with van der Waals surface area (Å²) >= 11 is 0. The summed E-state index contributed by atoms with van der Waals surface area (Å²) in [4.78, 5) is 11.1. The maximum Gasteiger partial charge on any atom is 0.142 e. The molecule has 3 aromatic carbocycles. The van der Waals surface area contributed by atoms with Crippen molar-refractivity contribution in [3.8, 4) is 22.9 Å². The number of nitrogens with zero attached hydrogens (tertiary/aromatic N) is 2. The summed E-state index contributed by atoms with van der Waals surface area (Å²) in [5.41, 5.74) is 6.80. The third-order valence-corrected chi connectivity index (χ3v) is 7.21. The van der Waals surface area contributed by atoms with E-state index in [-0.39, 0.29) is 0 Å². The summed E-state index contributed by atoms with van der Waals surface area (Å²) in [7, 11) is 3.71. The quantitative estimate of drug-likeness (QED) is 0.327. The van der Waals surface area contributed by atoms with Gasteiger partial charge in [0, 0.05) is 19.2 Å². The zero-order valence-electron chi connectivity index (χ0n) is 21.5. The van der Waals surface area contributed by atoms with Gasteiger partial charge in [-0.05, 0) is 80.7 Å². The van der Waals surface area contributed by atoms with E-state index >= 15 is 0 Å². The van der Waals surface area contributed by atoms with E-state index in [1.54, 1.807) is 7.11 Å². The molecule has 1 aliphatic heterocycles. The molecular weight excluding hydrogens is 448 g/mol. The average Bonchev–Trinajstić information content (AvgIpc) is 3.36. The van der Waals surface area contributed by atoms with Gasteiger partial charge >= 0.3 is 0 Å². The van der Waals surface area contributed by atoms with Gasteiger partial charge < -0.3 is 24.7 Å². The van der Waals surface area contributed by atoms with Crippen molar-refractivity contribution in [3.05, 3.63) is 77.4 Å². The van der Waals surface area contributed by atoms with Crippen LogP contribution in [0.2, 0.25) is 0 Å². The first-order chi connectivity index (χ1) is 17.6.